The molecule has 0 aliphatic heterocycles. The average Bonchev–Trinajstić information content (AvgIpc) is 2.06. The number of halogens is 1. The molecule has 1 aromatic rings. The molecule has 0 aliphatic carbocycles. The monoisotopic (exact) mass is 168 g/mol. The Morgan fingerprint density at radius 3 is 2.64 bits per heavy atom. The van der Waals surface area contributed by atoms with Crippen LogP contribution in [0.3, 0.4) is 0 Å². The SMILES string of the molecule is O=CC(Cl)=Cc1ncccn1. The molecule has 0 atom stereocenters. The number of carbonyl (C=O) groups excluding carboxylic acids is 1. The zero-order valence-electron chi connectivity index (χ0n) is 5.57. The molecule has 0 aromatic carbocycles. The molecule has 1 heterocycles. The van der Waals surface area contributed by atoms with Gasteiger partial charge in [0.1, 0.15) is 0 Å². The fourth-order valence-corrected chi connectivity index (χ4v) is 0.640. The fraction of sp³-hybridized carbons (Fsp3) is 0. The van der Waals surface area contributed by atoms with Crippen molar-refractivity contribution in [2.24, 2.45) is 0 Å². The minimum Gasteiger partial charge on any atom is -0.297 e. The van der Waals surface area contributed by atoms with Crippen molar-refractivity contribution in [3.63, 3.8) is 0 Å². The summed E-state index contributed by atoms with van der Waals surface area (Å²) in [5.41, 5.74) is 0. The van der Waals surface area contributed by atoms with Gasteiger partial charge in [-0.15, -0.1) is 0 Å². The van der Waals surface area contributed by atoms with Gasteiger partial charge in [0.05, 0.1) is 5.03 Å². The lowest BCUT2D eigenvalue weighted by Gasteiger charge is -1.87. The minimum absolute atomic E-state index is 0.0937. The van der Waals surface area contributed by atoms with E-state index in [1.807, 2.05) is 0 Å². The van der Waals surface area contributed by atoms with Gasteiger partial charge in [0.25, 0.3) is 0 Å². The number of hydrogen-bond donors (Lipinski definition) is 0. The van der Waals surface area contributed by atoms with Gasteiger partial charge in [0.2, 0.25) is 0 Å². The van der Waals surface area contributed by atoms with E-state index in [0.717, 1.165) is 0 Å². The molecule has 0 saturated heterocycles. The van der Waals surface area contributed by atoms with Gasteiger partial charge in [-0.25, -0.2) is 9.97 Å². The summed E-state index contributed by atoms with van der Waals surface area (Å²) >= 11 is 5.41. The maximum Gasteiger partial charge on any atom is 0.161 e. The summed E-state index contributed by atoms with van der Waals surface area (Å²) in [4.78, 5) is 17.7. The predicted octanol–water partition coefficient (Wildman–Crippen LogP) is 1.26. The molecule has 0 saturated carbocycles. The van der Waals surface area contributed by atoms with E-state index in [4.69, 9.17) is 11.6 Å². The van der Waals surface area contributed by atoms with Gasteiger partial charge in [-0.1, -0.05) is 11.6 Å². The van der Waals surface area contributed by atoms with E-state index in [0.29, 0.717) is 12.1 Å². The fourth-order valence-electron chi connectivity index (χ4n) is 0.543. The smallest absolute Gasteiger partial charge is 0.161 e. The third-order valence-electron chi connectivity index (χ3n) is 0.965. The van der Waals surface area contributed by atoms with Gasteiger partial charge in [0.15, 0.2) is 12.1 Å². The first kappa shape index (κ1) is 7.88. The standard InChI is InChI=1S/C7H5ClN2O/c8-6(5-11)4-7-9-2-1-3-10-7/h1-5H. The van der Waals surface area contributed by atoms with Crippen LogP contribution in [-0.2, 0) is 4.79 Å². The summed E-state index contributed by atoms with van der Waals surface area (Å²) in [6.45, 7) is 0. The first-order chi connectivity index (χ1) is 5.33. The number of carbonyl (C=O) groups is 1. The zero-order chi connectivity index (χ0) is 8.10. The highest BCUT2D eigenvalue weighted by molar-refractivity contribution is 6.40. The number of aromatic nitrogens is 2. The molecular weight excluding hydrogens is 164 g/mol. The number of aldehydes is 1. The van der Waals surface area contributed by atoms with Crippen LogP contribution in [0.25, 0.3) is 6.08 Å². The Morgan fingerprint density at radius 1 is 1.45 bits per heavy atom. The van der Waals surface area contributed by atoms with Crippen LogP contribution in [0.4, 0.5) is 0 Å². The van der Waals surface area contributed by atoms with Crippen molar-refractivity contribution in [2.45, 2.75) is 0 Å². The van der Waals surface area contributed by atoms with E-state index in [1.165, 1.54) is 6.08 Å². The predicted molar refractivity (Wildman–Crippen MR) is 41.9 cm³/mol. The van der Waals surface area contributed by atoms with E-state index in [2.05, 4.69) is 9.97 Å². The van der Waals surface area contributed by atoms with Crippen LogP contribution in [0.2, 0.25) is 0 Å². The van der Waals surface area contributed by atoms with Gasteiger partial charge < -0.3 is 0 Å². The maximum atomic E-state index is 10.1. The Balaban J connectivity index is 2.87. The van der Waals surface area contributed by atoms with Crippen LogP contribution in [0.1, 0.15) is 5.82 Å². The lowest BCUT2D eigenvalue weighted by Crippen LogP contribution is -1.84. The molecule has 0 fully saturated rings. The van der Waals surface area contributed by atoms with Crippen LogP contribution in [0.15, 0.2) is 23.5 Å². The highest BCUT2D eigenvalue weighted by Gasteiger charge is 1.90. The van der Waals surface area contributed by atoms with Crippen molar-refractivity contribution < 1.29 is 4.79 Å². The molecule has 0 N–H and O–H groups in total. The second kappa shape index (κ2) is 3.83. The summed E-state index contributed by atoms with van der Waals surface area (Å²) in [5.74, 6) is 0.435. The first-order valence-electron chi connectivity index (χ1n) is 2.92. The summed E-state index contributed by atoms with van der Waals surface area (Å²) < 4.78 is 0. The molecular formula is C7H5ClN2O. The highest BCUT2D eigenvalue weighted by Crippen LogP contribution is 2.01. The quantitative estimate of drug-likeness (QED) is 0.493. The lowest BCUT2D eigenvalue weighted by atomic mass is 10.5. The molecule has 4 heteroatoms. The number of nitrogens with zero attached hydrogens (tertiary/aromatic N) is 2. The Morgan fingerprint density at radius 2 is 2.09 bits per heavy atom. The van der Waals surface area contributed by atoms with E-state index in [9.17, 15) is 4.79 Å². The molecule has 1 rings (SSSR count). The number of rotatable bonds is 2. The van der Waals surface area contributed by atoms with E-state index in [-0.39, 0.29) is 5.03 Å². The molecule has 11 heavy (non-hydrogen) atoms. The molecule has 3 nitrogen and oxygen atoms in total. The van der Waals surface area contributed by atoms with Gasteiger partial charge in [-0.05, 0) is 6.07 Å². The normalized spacial score (nSPS) is 11.2. The van der Waals surface area contributed by atoms with Crippen LogP contribution < -0.4 is 0 Å². The second-order valence-corrected chi connectivity index (χ2v) is 2.19. The zero-order valence-corrected chi connectivity index (χ0v) is 6.32. The molecule has 56 valence electrons. The number of hydrogen-bond acceptors (Lipinski definition) is 3. The Labute approximate surface area is 68.7 Å². The third kappa shape index (κ3) is 2.47. The molecule has 0 bridgehead atoms. The maximum absolute atomic E-state index is 10.1. The minimum atomic E-state index is 0.0937. The first-order valence-corrected chi connectivity index (χ1v) is 3.30. The Kier molecular flexibility index (Phi) is 2.74. The molecule has 0 spiro atoms. The molecule has 1 aromatic heterocycles. The van der Waals surface area contributed by atoms with Gasteiger partial charge in [-0.3, -0.25) is 4.79 Å². The average molecular weight is 169 g/mol. The number of allylic oxidation sites excluding steroid dienone is 1. The lowest BCUT2D eigenvalue weighted by molar-refractivity contribution is -0.104. The van der Waals surface area contributed by atoms with Gasteiger partial charge >= 0.3 is 0 Å². The van der Waals surface area contributed by atoms with E-state index < -0.39 is 0 Å². The third-order valence-corrected chi connectivity index (χ3v) is 1.16. The molecule has 0 aliphatic rings. The van der Waals surface area contributed by atoms with Crippen LogP contribution >= 0.6 is 11.6 Å². The van der Waals surface area contributed by atoms with Gasteiger partial charge in [-0.2, -0.15) is 0 Å². The van der Waals surface area contributed by atoms with Crippen LogP contribution in [0, 0.1) is 0 Å². The summed E-state index contributed by atoms with van der Waals surface area (Å²) in [6, 6.07) is 1.69. The molecule has 0 amide bonds. The largest absolute Gasteiger partial charge is 0.297 e. The summed E-state index contributed by atoms with van der Waals surface area (Å²) in [7, 11) is 0. The second-order valence-electron chi connectivity index (χ2n) is 1.75. The summed E-state index contributed by atoms with van der Waals surface area (Å²) in [6.07, 6.45) is 5.09. The topological polar surface area (TPSA) is 42.9 Å². The van der Waals surface area contributed by atoms with Crippen molar-refractivity contribution in [3.05, 3.63) is 29.3 Å². The van der Waals surface area contributed by atoms with Crippen molar-refractivity contribution in [2.75, 3.05) is 0 Å². The van der Waals surface area contributed by atoms with Crippen molar-refractivity contribution in [1.29, 1.82) is 0 Å². The highest BCUT2D eigenvalue weighted by atomic mass is 35.5. The van der Waals surface area contributed by atoms with Gasteiger partial charge in [0, 0.05) is 18.5 Å². The van der Waals surface area contributed by atoms with E-state index in [1.54, 1.807) is 18.5 Å². The summed E-state index contributed by atoms with van der Waals surface area (Å²) in [5, 5.41) is 0.0937. The van der Waals surface area contributed by atoms with Crippen molar-refractivity contribution in [3.8, 4) is 0 Å². The Hall–Kier alpha value is -1.22. The molecule has 0 radical (unpaired) electrons. The molecule has 0 unspecified atom stereocenters. The van der Waals surface area contributed by atoms with Crippen LogP contribution in [-0.4, -0.2) is 16.3 Å². The van der Waals surface area contributed by atoms with E-state index >= 15 is 0 Å². The van der Waals surface area contributed by atoms with Crippen LogP contribution in [0.5, 0.6) is 0 Å². The Bertz CT molecular complexity index is 271. The van der Waals surface area contributed by atoms with Crippen molar-refractivity contribution in [1.82, 2.24) is 9.97 Å². The van der Waals surface area contributed by atoms with Crippen molar-refractivity contribution >= 4 is 24.0 Å².